The molecular weight excluding hydrogens is 306 g/mol. The zero-order valence-corrected chi connectivity index (χ0v) is 13.7. The average molecular weight is 327 g/mol. The molecular formula is C19H21NO4. The Bertz CT molecular complexity index is 670. The van der Waals surface area contributed by atoms with Gasteiger partial charge in [-0.25, -0.2) is 4.79 Å². The molecule has 2 aromatic carbocycles. The predicted octanol–water partition coefficient (Wildman–Crippen LogP) is 3.66. The molecule has 0 spiro atoms. The number of anilines is 1. The fourth-order valence-electron chi connectivity index (χ4n) is 2.01. The van der Waals surface area contributed by atoms with Crippen LogP contribution in [0.4, 0.5) is 5.69 Å². The van der Waals surface area contributed by atoms with Crippen molar-refractivity contribution in [3.8, 4) is 5.75 Å². The van der Waals surface area contributed by atoms with Crippen LogP contribution in [-0.2, 0) is 9.53 Å². The largest absolute Gasteiger partial charge is 0.481 e. The first-order valence-electron chi connectivity index (χ1n) is 7.94. The van der Waals surface area contributed by atoms with Crippen LogP contribution in [0.3, 0.4) is 0 Å². The molecule has 5 heteroatoms. The monoisotopic (exact) mass is 327 g/mol. The standard InChI is InChI=1S/C19H21NO4/c1-2-3-13-23-18(21)14-24-17-12-8-7-11-16(17)19(22)20-15-9-5-4-6-10-15/h4-12H,2-3,13-14H2,1H3,(H,20,22). The second-order valence-corrected chi connectivity index (χ2v) is 5.18. The summed E-state index contributed by atoms with van der Waals surface area (Å²) < 4.78 is 10.5. The Morgan fingerprint density at radius 3 is 2.46 bits per heavy atom. The Labute approximate surface area is 141 Å². The summed E-state index contributed by atoms with van der Waals surface area (Å²) in [6.07, 6.45) is 1.78. The van der Waals surface area contributed by atoms with Crippen molar-refractivity contribution in [1.29, 1.82) is 0 Å². The molecule has 0 aliphatic carbocycles. The molecule has 0 heterocycles. The van der Waals surface area contributed by atoms with Crippen LogP contribution >= 0.6 is 0 Å². The summed E-state index contributed by atoms with van der Waals surface area (Å²) in [6, 6.07) is 15.9. The summed E-state index contributed by atoms with van der Waals surface area (Å²) in [5.41, 5.74) is 1.05. The lowest BCUT2D eigenvalue weighted by atomic mass is 10.2. The first kappa shape index (κ1) is 17.5. The second-order valence-electron chi connectivity index (χ2n) is 5.18. The maximum Gasteiger partial charge on any atom is 0.344 e. The quantitative estimate of drug-likeness (QED) is 0.593. The molecule has 126 valence electrons. The fourth-order valence-corrected chi connectivity index (χ4v) is 2.01. The van der Waals surface area contributed by atoms with E-state index < -0.39 is 5.97 Å². The van der Waals surface area contributed by atoms with Gasteiger partial charge in [-0.05, 0) is 30.7 Å². The number of ether oxygens (including phenoxy) is 2. The maximum atomic E-state index is 12.4. The highest BCUT2D eigenvalue weighted by molar-refractivity contribution is 6.06. The van der Waals surface area contributed by atoms with Crippen LogP contribution in [-0.4, -0.2) is 25.1 Å². The lowest BCUT2D eigenvalue weighted by Crippen LogP contribution is -2.18. The molecule has 0 atom stereocenters. The summed E-state index contributed by atoms with van der Waals surface area (Å²) in [6.45, 7) is 2.18. The summed E-state index contributed by atoms with van der Waals surface area (Å²) in [4.78, 5) is 24.0. The molecule has 0 unspecified atom stereocenters. The smallest absolute Gasteiger partial charge is 0.344 e. The van der Waals surface area contributed by atoms with Crippen molar-refractivity contribution >= 4 is 17.6 Å². The summed E-state index contributed by atoms with van der Waals surface area (Å²) in [7, 11) is 0. The Kier molecular flexibility index (Phi) is 6.83. The number of hydrogen-bond donors (Lipinski definition) is 1. The van der Waals surface area contributed by atoms with E-state index in [1.807, 2.05) is 25.1 Å². The summed E-state index contributed by atoms with van der Waals surface area (Å²) in [5, 5.41) is 2.79. The molecule has 1 amide bonds. The molecule has 1 N–H and O–H groups in total. The predicted molar refractivity (Wildman–Crippen MR) is 92.2 cm³/mol. The number of amides is 1. The Hall–Kier alpha value is -2.82. The third kappa shape index (κ3) is 5.43. The van der Waals surface area contributed by atoms with Gasteiger partial charge in [0.15, 0.2) is 6.61 Å². The number of nitrogens with one attached hydrogen (secondary N) is 1. The van der Waals surface area contributed by atoms with E-state index in [0.29, 0.717) is 23.6 Å². The SMILES string of the molecule is CCCCOC(=O)COc1ccccc1C(=O)Nc1ccccc1. The van der Waals surface area contributed by atoms with Crippen molar-refractivity contribution < 1.29 is 19.1 Å². The Morgan fingerprint density at radius 1 is 1.00 bits per heavy atom. The number of carbonyl (C=O) groups excluding carboxylic acids is 2. The minimum Gasteiger partial charge on any atom is -0.481 e. The zero-order chi connectivity index (χ0) is 17.2. The van der Waals surface area contributed by atoms with E-state index in [9.17, 15) is 9.59 Å². The molecule has 0 fully saturated rings. The maximum absolute atomic E-state index is 12.4. The lowest BCUT2D eigenvalue weighted by Gasteiger charge is -2.11. The molecule has 5 nitrogen and oxygen atoms in total. The first-order chi connectivity index (χ1) is 11.7. The molecule has 0 aliphatic heterocycles. The van der Waals surface area contributed by atoms with Crippen LogP contribution in [0.1, 0.15) is 30.1 Å². The van der Waals surface area contributed by atoms with Gasteiger partial charge in [0, 0.05) is 5.69 Å². The first-order valence-corrected chi connectivity index (χ1v) is 7.94. The summed E-state index contributed by atoms with van der Waals surface area (Å²) in [5.74, 6) is -0.392. The van der Waals surface area contributed by atoms with Crippen molar-refractivity contribution in [2.45, 2.75) is 19.8 Å². The van der Waals surface area contributed by atoms with Crippen molar-refractivity contribution in [3.63, 3.8) is 0 Å². The van der Waals surface area contributed by atoms with Crippen molar-refractivity contribution in [2.75, 3.05) is 18.5 Å². The van der Waals surface area contributed by atoms with Gasteiger partial charge in [0.1, 0.15) is 5.75 Å². The number of rotatable bonds is 8. The number of esters is 1. The fraction of sp³-hybridized carbons (Fsp3) is 0.263. The van der Waals surface area contributed by atoms with Gasteiger partial charge in [-0.15, -0.1) is 0 Å². The second kappa shape index (κ2) is 9.35. The Balaban J connectivity index is 1.96. The van der Waals surface area contributed by atoms with Gasteiger partial charge in [-0.1, -0.05) is 43.7 Å². The zero-order valence-electron chi connectivity index (χ0n) is 13.7. The average Bonchev–Trinajstić information content (AvgIpc) is 2.61. The highest BCUT2D eigenvalue weighted by atomic mass is 16.6. The number of unbranched alkanes of at least 4 members (excludes halogenated alkanes) is 1. The van der Waals surface area contributed by atoms with Gasteiger partial charge in [0.2, 0.25) is 0 Å². The number of carbonyl (C=O) groups is 2. The molecule has 0 saturated carbocycles. The van der Waals surface area contributed by atoms with Crippen LogP contribution in [0.25, 0.3) is 0 Å². The van der Waals surface area contributed by atoms with Gasteiger partial charge in [0.05, 0.1) is 12.2 Å². The number of hydrogen-bond acceptors (Lipinski definition) is 4. The lowest BCUT2D eigenvalue weighted by molar-refractivity contribution is -0.146. The van der Waals surface area contributed by atoms with Crippen LogP contribution in [0.15, 0.2) is 54.6 Å². The molecule has 2 rings (SSSR count). The Morgan fingerprint density at radius 2 is 1.71 bits per heavy atom. The van der Waals surface area contributed by atoms with Crippen LogP contribution in [0.2, 0.25) is 0 Å². The van der Waals surface area contributed by atoms with Crippen LogP contribution < -0.4 is 10.1 Å². The third-order valence-electron chi connectivity index (χ3n) is 3.27. The van der Waals surface area contributed by atoms with E-state index in [0.717, 1.165) is 12.8 Å². The topological polar surface area (TPSA) is 64.6 Å². The molecule has 0 bridgehead atoms. The third-order valence-corrected chi connectivity index (χ3v) is 3.27. The van der Waals surface area contributed by atoms with E-state index in [2.05, 4.69) is 5.32 Å². The van der Waals surface area contributed by atoms with Crippen LogP contribution in [0.5, 0.6) is 5.75 Å². The number of para-hydroxylation sites is 2. The van der Waals surface area contributed by atoms with E-state index >= 15 is 0 Å². The molecule has 24 heavy (non-hydrogen) atoms. The van der Waals surface area contributed by atoms with E-state index in [1.54, 1.807) is 36.4 Å². The van der Waals surface area contributed by atoms with E-state index in [-0.39, 0.29) is 12.5 Å². The minimum absolute atomic E-state index is 0.223. The van der Waals surface area contributed by atoms with E-state index in [4.69, 9.17) is 9.47 Å². The normalized spacial score (nSPS) is 10.0. The minimum atomic E-state index is -0.443. The van der Waals surface area contributed by atoms with Gasteiger partial charge >= 0.3 is 5.97 Å². The van der Waals surface area contributed by atoms with Gasteiger partial charge in [-0.2, -0.15) is 0 Å². The van der Waals surface area contributed by atoms with Crippen molar-refractivity contribution in [2.24, 2.45) is 0 Å². The molecule has 0 aromatic heterocycles. The highest BCUT2D eigenvalue weighted by Gasteiger charge is 2.14. The van der Waals surface area contributed by atoms with Gasteiger partial charge in [0.25, 0.3) is 5.91 Å². The van der Waals surface area contributed by atoms with Gasteiger partial charge in [-0.3, -0.25) is 4.79 Å². The van der Waals surface area contributed by atoms with Crippen molar-refractivity contribution in [1.82, 2.24) is 0 Å². The van der Waals surface area contributed by atoms with E-state index in [1.165, 1.54) is 0 Å². The molecule has 0 radical (unpaired) electrons. The molecule has 0 saturated heterocycles. The van der Waals surface area contributed by atoms with Gasteiger partial charge < -0.3 is 14.8 Å². The molecule has 2 aromatic rings. The highest BCUT2D eigenvalue weighted by Crippen LogP contribution is 2.19. The molecule has 0 aliphatic rings. The number of benzene rings is 2. The van der Waals surface area contributed by atoms with Crippen molar-refractivity contribution in [3.05, 3.63) is 60.2 Å². The van der Waals surface area contributed by atoms with Crippen LogP contribution in [0, 0.1) is 0 Å². The summed E-state index contributed by atoms with van der Waals surface area (Å²) >= 11 is 0.